The molecule has 1 aromatic carbocycles. The third kappa shape index (κ3) is 3.77. The van der Waals surface area contributed by atoms with E-state index < -0.39 is 10.0 Å². The van der Waals surface area contributed by atoms with Crippen molar-refractivity contribution in [3.05, 3.63) is 48.4 Å². The highest BCUT2D eigenvalue weighted by atomic mass is 32.2. The van der Waals surface area contributed by atoms with Gasteiger partial charge >= 0.3 is 0 Å². The number of thiophene rings is 1. The Hall–Kier alpha value is -2.23. The van der Waals surface area contributed by atoms with Gasteiger partial charge in [0.1, 0.15) is 4.21 Å². The fourth-order valence-corrected chi connectivity index (χ4v) is 7.00. The molecule has 2 fully saturated rings. The van der Waals surface area contributed by atoms with E-state index in [2.05, 4.69) is 27.2 Å². The van der Waals surface area contributed by atoms with E-state index in [-0.39, 0.29) is 0 Å². The Kier molecular flexibility index (Phi) is 5.34. The summed E-state index contributed by atoms with van der Waals surface area (Å²) in [5.74, 6) is 1.44. The Labute approximate surface area is 180 Å². The van der Waals surface area contributed by atoms with E-state index in [9.17, 15) is 8.42 Å². The lowest BCUT2D eigenvalue weighted by atomic mass is 10.1. The summed E-state index contributed by atoms with van der Waals surface area (Å²) in [7, 11) is -3.53. The van der Waals surface area contributed by atoms with Crippen LogP contribution in [-0.2, 0) is 10.0 Å². The molecule has 30 heavy (non-hydrogen) atoms. The van der Waals surface area contributed by atoms with Crippen molar-refractivity contribution >= 4 is 27.0 Å². The van der Waals surface area contributed by atoms with Crippen molar-refractivity contribution in [2.45, 2.75) is 35.8 Å². The largest absolute Gasteiger partial charge is 0.420 e. The molecule has 0 atom stereocenters. The van der Waals surface area contributed by atoms with Crippen LogP contribution in [0.4, 0.5) is 5.69 Å². The zero-order valence-electron chi connectivity index (χ0n) is 16.6. The van der Waals surface area contributed by atoms with Crippen LogP contribution >= 0.6 is 11.3 Å². The van der Waals surface area contributed by atoms with Gasteiger partial charge in [-0.2, -0.15) is 4.31 Å². The quantitative estimate of drug-likeness (QED) is 0.593. The van der Waals surface area contributed by atoms with Gasteiger partial charge in [-0.15, -0.1) is 21.5 Å². The Morgan fingerprint density at radius 3 is 2.40 bits per heavy atom. The normalized spacial score (nSPS) is 18.9. The maximum atomic E-state index is 13.1. The van der Waals surface area contributed by atoms with E-state index in [1.807, 2.05) is 18.2 Å². The third-order valence-electron chi connectivity index (χ3n) is 5.89. The third-order valence-corrected chi connectivity index (χ3v) is 9.33. The Morgan fingerprint density at radius 1 is 0.933 bits per heavy atom. The van der Waals surface area contributed by atoms with E-state index in [4.69, 9.17) is 4.42 Å². The van der Waals surface area contributed by atoms with Crippen molar-refractivity contribution in [2.75, 3.05) is 31.1 Å². The first-order valence-electron chi connectivity index (χ1n) is 10.3. The first-order chi connectivity index (χ1) is 14.6. The molecule has 1 saturated carbocycles. The summed E-state index contributed by atoms with van der Waals surface area (Å²) in [4.78, 5) is 2.92. The fourth-order valence-electron chi connectivity index (χ4n) is 4.20. The Balaban J connectivity index is 1.28. The van der Waals surface area contributed by atoms with Gasteiger partial charge in [0.2, 0.25) is 5.89 Å². The second-order valence-corrected chi connectivity index (χ2v) is 11.0. The molecule has 5 rings (SSSR count). The van der Waals surface area contributed by atoms with Gasteiger partial charge in [-0.05, 0) is 37.1 Å². The highest BCUT2D eigenvalue weighted by Crippen LogP contribution is 2.36. The van der Waals surface area contributed by atoms with Crippen molar-refractivity contribution < 1.29 is 12.8 Å². The maximum Gasteiger partial charge on any atom is 0.257 e. The van der Waals surface area contributed by atoms with E-state index in [1.165, 1.54) is 24.2 Å². The molecule has 7 nitrogen and oxygen atoms in total. The van der Waals surface area contributed by atoms with Gasteiger partial charge in [-0.1, -0.05) is 31.0 Å². The molecular formula is C21H24N4O3S2. The van der Waals surface area contributed by atoms with Crippen molar-refractivity contribution in [3.8, 4) is 10.8 Å². The monoisotopic (exact) mass is 444 g/mol. The molecule has 2 aliphatic rings. The summed E-state index contributed by atoms with van der Waals surface area (Å²) >= 11 is 1.20. The number of rotatable bonds is 5. The van der Waals surface area contributed by atoms with Crippen LogP contribution in [0.15, 0.2) is 51.1 Å². The number of anilines is 1. The van der Waals surface area contributed by atoms with Gasteiger partial charge < -0.3 is 9.32 Å². The molecule has 1 aliphatic heterocycles. The van der Waals surface area contributed by atoms with E-state index in [0.717, 1.165) is 18.5 Å². The van der Waals surface area contributed by atoms with Crippen LogP contribution in [0.1, 0.15) is 37.5 Å². The van der Waals surface area contributed by atoms with E-state index in [0.29, 0.717) is 53.0 Å². The van der Waals surface area contributed by atoms with Crippen LogP contribution in [0.2, 0.25) is 0 Å². The number of hydrogen-bond acceptors (Lipinski definition) is 7. The van der Waals surface area contributed by atoms with Gasteiger partial charge in [0.15, 0.2) is 0 Å². The number of benzene rings is 1. The predicted molar refractivity (Wildman–Crippen MR) is 116 cm³/mol. The topological polar surface area (TPSA) is 79.5 Å². The van der Waals surface area contributed by atoms with Crippen LogP contribution < -0.4 is 4.90 Å². The van der Waals surface area contributed by atoms with Crippen molar-refractivity contribution in [1.82, 2.24) is 14.5 Å². The molecular weight excluding hydrogens is 420 g/mol. The molecule has 1 saturated heterocycles. The summed E-state index contributed by atoms with van der Waals surface area (Å²) in [6.07, 6.45) is 4.56. The number of aromatic nitrogens is 2. The molecule has 0 radical (unpaired) electrons. The average molecular weight is 445 g/mol. The number of piperazine rings is 1. The molecule has 1 aliphatic carbocycles. The van der Waals surface area contributed by atoms with Crippen LogP contribution in [0.5, 0.6) is 0 Å². The summed E-state index contributed by atoms with van der Waals surface area (Å²) in [5, 5.41) is 8.36. The summed E-state index contributed by atoms with van der Waals surface area (Å²) in [6, 6.07) is 13.5. The predicted octanol–water partition coefficient (Wildman–Crippen LogP) is 3.97. The SMILES string of the molecule is O=S(=O)(c1ccc(-c2nnc(C3CCCC3)o2)s1)N1CCN(c2ccccc2)CC1. The van der Waals surface area contributed by atoms with Crippen LogP contribution in [-0.4, -0.2) is 49.1 Å². The minimum atomic E-state index is -3.53. The highest BCUT2D eigenvalue weighted by molar-refractivity contribution is 7.91. The van der Waals surface area contributed by atoms with Gasteiger partial charge in [-0.25, -0.2) is 8.42 Å². The lowest BCUT2D eigenvalue weighted by Gasteiger charge is -2.35. The second kappa shape index (κ2) is 8.13. The van der Waals surface area contributed by atoms with Crippen molar-refractivity contribution in [1.29, 1.82) is 0 Å². The van der Waals surface area contributed by atoms with Crippen LogP contribution in [0.25, 0.3) is 10.8 Å². The number of nitrogens with zero attached hydrogens (tertiary/aromatic N) is 4. The molecule has 158 valence electrons. The fraction of sp³-hybridized carbons (Fsp3) is 0.429. The first kappa shape index (κ1) is 19.7. The van der Waals surface area contributed by atoms with E-state index >= 15 is 0 Å². The summed E-state index contributed by atoms with van der Waals surface area (Å²) in [6.45, 7) is 2.29. The van der Waals surface area contributed by atoms with Crippen LogP contribution in [0, 0.1) is 0 Å². The molecule has 3 aromatic rings. The maximum absolute atomic E-state index is 13.1. The lowest BCUT2D eigenvalue weighted by Crippen LogP contribution is -2.48. The smallest absolute Gasteiger partial charge is 0.257 e. The molecule has 3 heterocycles. The lowest BCUT2D eigenvalue weighted by molar-refractivity contribution is 0.386. The minimum absolute atomic E-state index is 0.325. The molecule has 0 unspecified atom stereocenters. The molecule has 0 spiro atoms. The van der Waals surface area contributed by atoms with Gasteiger partial charge in [0.05, 0.1) is 4.88 Å². The average Bonchev–Trinajstić information content (AvgIpc) is 3.55. The standard InChI is InChI=1S/C21H24N4O3S2/c26-30(27,25-14-12-24(13-15-25)17-8-2-1-3-9-17)19-11-10-18(29-19)21-23-22-20(28-21)16-6-4-5-7-16/h1-3,8-11,16H,4-7,12-15H2. The van der Waals surface area contributed by atoms with E-state index in [1.54, 1.807) is 16.4 Å². The zero-order valence-corrected chi connectivity index (χ0v) is 18.2. The highest BCUT2D eigenvalue weighted by Gasteiger charge is 2.31. The second-order valence-electron chi connectivity index (χ2n) is 7.77. The first-order valence-corrected chi connectivity index (χ1v) is 12.6. The summed E-state index contributed by atoms with van der Waals surface area (Å²) in [5.41, 5.74) is 1.13. The van der Waals surface area contributed by atoms with Gasteiger partial charge in [-0.3, -0.25) is 0 Å². The Bertz CT molecular complexity index is 1100. The molecule has 2 aromatic heterocycles. The molecule has 0 amide bonds. The summed E-state index contributed by atoms with van der Waals surface area (Å²) < 4.78 is 34.0. The van der Waals surface area contributed by atoms with Gasteiger partial charge in [0, 0.05) is 37.8 Å². The van der Waals surface area contributed by atoms with Crippen molar-refractivity contribution in [2.24, 2.45) is 0 Å². The molecule has 0 bridgehead atoms. The van der Waals surface area contributed by atoms with Gasteiger partial charge in [0.25, 0.3) is 15.9 Å². The van der Waals surface area contributed by atoms with Crippen molar-refractivity contribution in [3.63, 3.8) is 0 Å². The number of sulfonamides is 1. The zero-order chi connectivity index (χ0) is 20.6. The molecule has 0 N–H and O–H groups in total. The van der Waals surface area contributed by atoms with Crippen LogP contribution in [0.3, 0.4) is 0 Å². The minimum Gasteiger partial charge on any atom is -0.420 e. The number of para-hydroxylation sites is 1. The Morgan fingerprint density at radius 2 is 1.67 bits per heavy atom. The molecule has 9 heteroatoms. The number of hydrogen-bond donors (Lipinski definition) is 0.